The lowest BCUT2D eigenvalue weighted by Crippen LogP contribution is -2.29. The zero-order valence-electron chi connectivity index (χ0n) is 34.6. The van der Waals surface area contributed by atoms with Crippen LogP contribution in [0.15, 0.2) is 133 Å². The molecule has 1 saturated heterocycles. The van der Waals surface area contributed by atoms with Crippen molar-refractivity contribution >= 4 is 79.8 Å². The fourth-order valence-corrected chi connectivity index (χ4v) is 8.49. The van der Waals surface area contributed by atoms with Gasteiger partial charge in [-0.1, -0.05) is 92.4 Å². The third-order valence-corrected chi connectivity index (χ3v) is 12.4. The fourth-order valence-electron chi connectivity index (χ4n) is 6.45. The zero-order chi connectivity index (χ0) is 43.5. The molecule has 62 heavy (non-hydrogen) atoms. The van der Waals surface area contributed by atoms with E-state index >= 15 is 0 Å². The molecule has 1 fully saturated rings. The predicted molar refractivity (Wildman–Crippen MR) is 266 cm³/mol. The molecule has 0 unspecified atom stereocenters. The molecule has 0 aliphatic carbocycles. The third kappa shape index (κ3) is 15.5. The lowest BCUT2D eigenvalue weighted by atomic mass is 9.80. The second-order valence-electron chi connectivity index (χ2n) is 14.1. The van der Waals surface area contributed by atoms with Crippen LogP contribution in [-0.2, 0) is 23.1 Å². The molecule has 0 bridgehead atoms. The number of halogens is 2. The molecule has 1 aliphatic rings. The summed E-state index contributed by atoms with van der Waals surface area (Å²) >= 11 is 7.72. The Morgan fingerprint density at radius 3 is 1.87 bits per heavy atom. The first-order chi connectivity index (χ1) is 29.6. The molecule has 0 atom stereocenters. The molecule has 0 radical (unpaired) electrons. The van der Waals surface area contributed by atoms with Crippen molar-refractivity contribution in [1.82, 2.24) is 20.4 Å². The lowest BCUT2D eigenvalue weighted by molar-refractivity contribution is 0.426. The van der Waals surface area contributed by atoms with Crippen LogP contribution in [0.4, 0.5) is 23.0 Å². The Morgan fingerprint density at radius 2 is 1.35 bits per heavy atom. The van der Waals surface area contributed by atoms with Crippen molar-refractivity contribution in [1.29, 1.82) is 0 Å². The molecule has 4 aromatic carbocycles. The van der Waals surface area contributed by atoms with E-state index in [0.29, 0.717) is 30.0 Å². The molecular formula is C46H57BClIN8O4S. The van der Waals surface area contributed by atoms with E-state index in [-0.39, 0.29) is 13.2 Å². The molecule has 12 nitrogen and oxygen atoms in total. The van der Waals surface area contributed by atoms with E-state index in [1.165, 1.54) is 15.4 Å². The van der Waals surface area contributed by atoms with Crippen molar-refractivity contribution in [3.05, 3.63) is 148 Å². The fraction of sp³-hybridized carbons (Fsp3) is 0.304. The number of rotatable bonds is 16. The smallest absolute Gasteiger partial charge is 0.423 e. The van der Waals surface area contributed by atoms with Gasteiger partial charge in [-0.15, -0.1) is 32.0 Å². The van der Waals surface area contributed by atoms with Crippen LogP contribution >= 0.6 is 34.2 Å². The lowest BCUT2D eigenvalue weighted by Gasteiger charge is -2.21. The van der Waals surface area contributed by atoms with Gasteiger partial charge in [-0.25, -0.2) is 8.42 Å². The molecule has 328 valence electrons. The number of nitrogens with one attached hydrogen (secondary N) is 1. The Balaban J connectivity index is 0.000000220. The number of hydrogen-bond acceptors (Lipinski definition) is 11. The van der Waals surface area contributed by atoms with Crippen molar-refractivity contribution in [2.45, 2.75) is 53.6 Å². The Bertz CT molecular complexity index is 2300. The Hall–Kier alpha value is -4.81. The minimum atomic E-state index is -3.20. The van der Waals surface area contributed by atoms with Crippen molar-refractivity contribution in [3.63, 3.8) is 0 Å². The van der Waals surface area contributed by atoms with Crippen LogP contribution in [0.1, 0.15) is 51.7 Å². The number of benzene rings is 4. The standard InChI is InChI=1S/C22H24N4O2S.C13H14IN3.C10H15BClNO2.CH4/c1-2-25(17-18-8-4-3-5-9-18)22-13-12-21(23-24-22)19-10-6-11-20(16-19)26-14-7-15-29(26,27)28;1-2-17(10-11-6-4-3-5-7-11)13-9-8-12(14)15-16-13;12-6-1-2-7-13-10-5-3-4-9(8-10)11(14)15;/h3-6,8-13,16H,2,7,14-15,17H2,1H3;3-9H,2,10H2,1H3;3-5,8,13-15H,1-2,6-7H2;1H4. The van der Waals surface area contributed by atoms with Crippen LogP contribution in [-0.4, -0.2) is 83.8 Å². The van der Waals surface area contributed by atoms with Gasteiger partial charge in [0.15, 0.2) is 11.6 Å². The average molecular weight is 991 g/mol. The van der Waals surface area contributed by atoms with Gasteiger partial charge in [-0.05, 0) is 121 Å². The number of unbranched alkanes of at least 4 members (excludes halogenated alkanes) is 1. The summed E-state index contributed by atoms with van der Waals surface area (Å²) < 4.78 is 26.8. The number of aromatic nitrogens is 4. The first-order valence-corrected chi connectivity index (χ1v) is 23.6. The maximum Gasteiger partial charge on any atom is 0.488 e. The quantitative estimate of drug-likeness (QED) is 0.0373. The molecule has 16 heteroatoms. The van der Waals surface area contributed by atoms with Crippen LogP contribution in [0.3, 0.4) is 0 Å². The van der Waals surface area contributed by atoms with Gasteiger partial charge in [0, 0.05) is 56.4 Å². The van der Waals surface area contributed by atoms with Crippen molar-refractivity contribution in [2.24, 2.45) is 0 Å². The minimum absolute atomic E-state index is 0. The highest BCUT2D eigenvalue weighted by Crippen LogP contribution is 2.28. The van der Waals surface area contributed by atoms with Crippen LogP contribution in [0.2, 0.25) is 0 Å². The Kier molecular flexibility index (Phi) is 20.9. The summed E-state index contributed by atoms with van der Waals surface area (Å²) in [4.78, 5) is 4.37. The Morgan fingerprint density at radius 1 is 0.742 bits per heavy atom. The predicted octanol–water partition coefficient (Wildman–Crippen LogP) is 8.25. The maximum absolute atomic E-state index is 12.2. The SMILES string of the molecule is C.CCN(Cc1ccccc1)c1ccc(-c2cccc(N3CCCS3(=O)=O)c2)nn1.CCN(Cc1ccccc1)c1ccc(I)nn1.OB(O)c1cccc(NCCCCCl)c1. The van der Waals surface area contributed by atoms with Crippen LogP contribution in [0, 0.1) is 3.70 Å². The third-order valence-electron chi connectivity index (χ3n) is 9.72. The van der Waals surface area contributed by atoms with E-state index in [9.17, 15) is 8.42 Å². The van der Waals surface area contributed by atoms with E-state index in [0.717, 1.165) is 77.8 Å². The summed E-state index contributed by atoms with van der Waals surface area (Å²) in [5.74, 6) is 2.63. The number of hydrogen-bond donors (Lipinski definition) is 3. The Labute approximate surface area is 386 Å². The number of alkyl halides is 1. The first kappa shape index (κ1) is 49.8. The summed E-state index contributed by atoms with van der Waals surface area (Å²) in [5.41, 5.74) is 6.17. The summed E-state index contributed by atoms with van der Waals surface area (Å²) in [7, 11) is -4.61. The van der Waals surface area contributed by atoms with E-state index in [1.807, 2.05) is 78.9 Å². The number of sulfonamides is 1. The number of nitrogens with zero attached hydrogens (tertiary/aromatic N) is 7. The monoisotopic (exact) mass is 990 g/mol. The van der Waals surface area contributed by atoms with E-state index in [2.05, 4.69) is 108 Å². The van der Waals surface area contributed by atoms with Crippen molar-refractivity contribution in [3.8, 4) is 11.3 Å². The first-order valence-electron chi connectivity index (χ1n) is 20.4. The molecule has 2 aromatic heterocycles. The normalized spacial score (nSPS) is 12.5. The largest absolute Gasteiger partial charge is 0.488 e. The highest BCUT2D eigenvalue weighted by molar-refractivity contribution is 14.1. The molecule has 7 rings (SSSR count). The number of anilines is 4. The summed E-state index contributed by atoms with van der Waals surface area (Å²) in [6.45, 7) is 8.98. The van der Waals surface area contributed by atoms with Crippen molar-refractivity contribution < 1.29 is 18.5 Å². The van der Waals surface area contributed by atoms with Crippen LogP contribution in [0.25, 0.3) is 11.3 Å². The molecule has 0 spiro atoms. The van der Waals surface area contributed by atoms with E-state index in [1.54, 1.807) is 18.2 Å². The second-order valence-corrected chi connectivity index (χ2v) is 17.6. The van der Waals surface area contributed by atoms with Gasteiger partial charge in [0.25, 0.3) is 0 Å². The van der Waals surface area contributed by atoms with Gasteiger partial charge in [0.1, 0.15) is 3.70 Å². The summed E-state index contributed by atoms with van der Waals surface area (Å²) in [6, 6.07) is 43.2. The van der Waals surface area contributed by atoms with E-state index < -0.39 is 17.1 Å². The molecule has 1 aliphatic heterocycles. The molecule has 3 heterocycles. The second kappa shape index (κ2) is 26.0. The van der Waals surface area contributed by atoms with Gasteiger partial charge in [-0.2, -0.15) is 0 Å². The average Bonchev–Trinajstić information content (AvgIpc) is 3.66. The van der Waals surface area contributed by atoms with Gasteiger partial charge >= 0.3 is 7.12 Å². The molecule has 0 saturated carbocycles. The minimum Gasteiger partial charge on any atom is -0.423 e. The van der Waals surface area contributed by atoms with Crippen LogP contribution < -0.4 is 24.9 Å². The molecule has 6 aromatic rings. The molecular weight excluding hydrogens is 934 g/mol. The van der Waals surface area contributed by atoms with Gasteiger partial charge < -0.3 is 25.2 Å². The topological polar surface area (TPSA) is 148 Å². The van der Waals surface area contributed by atoms with Gasteiger partial charge in [0.2, 0.25) is 10.0 Å². The van der Waals surface area contributed by atoms with E-state index in [4.69, 9.17) is 21.6 Å². The zero-order valence-corrected chi connectivity index (χ0v) is 38.3. The molecule has 3 N–H and O–H groups in total. The van der Waals surface area contributed by atoms with Crippen LogP contribution in [0.5, 0.6) is 0 Å². The highest BCUT2D eigenvalue weighted by atomic mass is 127. The summed E-state index contributed by atoms with van der Waals surface area (Å²) in [5, 5.41) is 38.3. The van der Waals surface area contributed by atoms with Crippen molar-refractivity contribution in [2.75, 3.05) is 57.2 Å². The summed E-state index contributed by atoms with van der Waals surface area (Å²) in [6.07, 6.45) is 2.65. The van der Waals surface area contributed by atoms with Gasteiger partial charge in [-0.3, -0.25) is 4.31 Å². The highest BCUT2D eigenvalue weighted by Gasteiger charge is 2.28. The maximum atomic E-state index is 12.2. The van der Waals surface area contributed by atoms with Gasteiger partial charge in [0.05, 0.1) is 17.1 Å². The molecule has 0 amide bonds.